The zero-order valence-corrected chi connectivity index (χ0v) is 14.5. The minimum atomic E-state index is -3.25. The maximum absolute atomic E-state index is 12.0. The molecule has 0 spiro atoms. The largest absolute Gasteiger partial charge is 0.236 e. The first-order valence-corrected chi connectivity index (χ1v) is 9.59. The molecule has 5 nitrogen and oxygen atoms in total. The fraction of sp³-hybridized carbons (Fsp3) is 0.412. The molecule has 1 aliphatic rings. The Morgan fingerprint density at radius 2 is 1.91 bits per heavy atom. The van der Waals surface area contributed by atoms with Gasteiger partial charge in [-0.05, 0) is 38.3 Å². The molecule has 0 radical (unpaired) electrons. The van der Waals surface area contributed by atoms with Gasteiger partial charge in [-0.25, -0.2) is 18.4 Å². The first-order valence-electron chi connectivity index (χ1n) is 7.74. The average molecular weight is 331 g/mol. The molecule has 1 fully saturated rings. The predicted molar refractivity (Wildman–Crippen MR) is 90.5 cm³/mol. The summed E-state index contributed by atoms with van der Waals surface area (Å²) in [6.45, 7) is 4.51. The van der Waals surface area contributed by atoms with Crippen LogP contribution in [0.15, 0.2) is 30.3 Å². The zero-order chi connectivity index (χ0) is 16.6. The molecule has 6 heteroatoms. The Morgan fingerprint density at radius 3 is 2.61 bits per heavy atom. The van der Waals surface area contributed by atoms with Crippen LogP contribution in [-0.2, 0) is 10.0 Å². The molecule has 0 saturated carbocycles. The van der Waals surface area contributed by atoms with E-state index in [1.807, 2.05) is 44.2 Å². The Kier molecular flexibility index (Phi) is 4.21. The molecule has 1 saturated heterocycles. The lowest BCUT2D eigenvalue weighted by atomic mass is 10.0. The summed E-state index contributed by atoms with van der Waals surface area (Å²) in [7, 11) is -3.25. The van der Waals surface area contributed by atoms with Gasteiger partial charge in [0.05, 0.1) is 18.0 Å². The van der Waals surface area contributed by atoms with Gasteiger partial charge in [-0.2, -0.15) is 4.31 Å². The van der Waals surface area contributed by atoms with E-state index in [-0.39, 0.29) is 6.04 Å². The molecule has 0 N–H and O–H groups in total. The van der Waals surface area contributed by atoms with Crippen LogP contribution in [0.1, 0.15) is 36.0 Å². The van der Waals surface area contributed by atoms with E-state index in [1.165, 1.54) is 10.6 Å². The van der Waals surface area contributed by atoms with E-state index in [0.29, 0.717) is 12.4 Å². The van der Waals surface area contributed by atoms with E-state index < -0.39 is 10.0 Å². The molecule has 0 unspecified atom stereocenters. The van der Waals surface area contributed by atoms with Crippen LogP contribution in [0.3, 0.4) is 0 Å². The maximum Gasteiger partial charge on any atom is 0.211 e. The van der Waals surface area contributed by atoms with E-state index in [0.717, 1.165) is 35.4 Å². The summed E-state index contributed by atoms with van der Waals surface area (Å²) >= 11 is 0. The second-order valence-electron chi connectivity index (χ2n) is 6.10. The van der Waals surface area contributed by atoms with E-state index in [1.54, 1.807) is 0 Å². The molecule has 1 aliphatic heterocycles. The Labute approximate surface area is 137 Å². The minimum Gasteiger partial charge on any atom is -0.236 e. The molecule has 1 aromatic heterocycles. The molecule has 2 heterocycles. The number of hydrogen-bond donors (Lipinski definition) is 0. The van der Waals surface area contributed by atoms with Gasteiger partial charge in [0, 0.05) is 17.8 Å². The minimum absolute atomic E-state index is 0.257. The lowest BCUT2D eigenvalue weighted by Gasteiger charge is -2.21. The predicted octanol–water partition coefficient (Wildman–Crippen LogP) is 2.86. The van der Waals surface area contributed by atoms with Gasteiger partial charge in [0.2, 0.25) is 10.0 Å². The highest BCUT2D eigenvalue weighted by Gasteiger charge is 2.34. The van der Waals surface area contributed by atoms with Crippen molar-refractivity contribution in [1.29, 1.82) is 0 Å². The molecule has 0 amide bonds. The van der Waals surface area contributed by atoms with Crippen LogP contribution in [0, 0.1) is 13.8 Å². The van der Waals surface area contributed by atoms with E-state index in [9.17, 15) is 8.42 Å². The summed E-state index contributed by atoms with van der Waals surface area (Å²) in [5, 5.41) is 0. The topological polar surface area (TPSA) is 63.2 Å². The highest BCUT2D eigenvalue weighted by atomic mass is 32.2. The van der Waals surface area contributed by atoms with E-state index in [2.05, 4.69) is 4.98 Å². The summed E-state index contributed by atoms with van der Waals surface area (Å²) in [6, 6.07) is 9.75. The lowest BCUT2D eigenvalue weighted by molar-refractivity contribution is 0.386. The van der Waals surface area contributed by atoms with Gasteiger partial charge in [0.1, 0.15) is 5.82 Å². The number of rotatable bonds is 3. The van der Waals surface area contributed by atoms with Crippen LogP contribution in [0.5, 0.6) is 0 Å². The zero-order valence-electron chi connectivity index (χ0n) is 13.7. The molecule has 0 aliphatic carbocycles. The molecule has 2 aromatic rings. The van der Waals surface area contributed by atoms with Crippen molar-refractivity contribution in [3.8, 4) is 11.3 Å². The summed E-state index contributed by atoms with van der Waals surface area (Å²) in [4.78, 5) is 9.21. The van der Waals surface area contributed by atoms with Crippen molar-refractivity contribution in [3.05, 3.63) is 47.4 Å². The van der Waals surface area contributed by atoms with Crippen LogP contribution in [-0.4, -0.2) is 35.5 Å². The van der Waals surface area contributed by atoms with Gasteiger partial charge in [-0.15, -0.1) is 0 Å². The van der Waals surface area contributed by atoms with Gasteiger partial charge < -0.3 is 0 Å². The summed E-state index contributed by atoms with van der Waals surface area (Å²) in [5.41, 5.74) is 3.91. The molecule has 23 heavy (non-hydrogen) atoms. The maximum atomic E-state index is 12.0. The lowest BCUT2D eigenvalue weighted by Crippen LogP contribution is -2.30. The Balaban J connectivity index is 2.07. The highest BCUT2D eigenvalue weighted by molar-refractivity contribution is 7.88. The summed E-state index contributed by atoms with van der Waals surface area (Å²) < 4.78 is 25.5. The third-order valence-corrected chi connectivity index (χ3v) is 5.51. The summed E-state index contributed by atoms with van der Waals surface area (Å²) in [6.07, 6.45) is 2.86. The fourth-order valence-electron chi connectivity index (χ4n) is 3.13. The molecule has 122 valence electrons. The van der Waals surface area contributed by atoms with Crippen LogP contribution in [0.4, 0.5) is 0 Å². The second kappa shape index (κ2) is 6.02. The Bertz CT molecular complexity index is 833. The number of aromatic nitrogens is 2. The number of hydrogen-bond acceptors (Lipinski definition) is 4. The number of sulfonamides is 1. The van der Waals surface area contributed by atoms with Gasteiger partial charge in [-0.3, -0.25) is 0 Å². The van der Waals surface area contributed by atoms with Gasteiger partial charge in [0.15, 0.2) is 0 Å². The van der Waals surface area contributed by atoms with Crippen molar-refractivity contribution in [3.63, 3.8) is 0 Å². The van der Waals surface area contributed by atoms with Crippen molar-refractivity contribution in [2.24, 2.45) is 0 Å². The number of benzene rings is 1. The quantitative estimate of drug-likeness (QED) is 0.867. The van der Waals surface area contributed by atoms with Crippen molar-refractivity contribution in [1.82, 2.24) is 14.3 Å². The molecule has 1 aromatic carbocycles. The van der Waals surface area contributed by atoms with Crippen molar-refractivity contribution in [2.45, 2.75) is 32.7 Å². The fourth-order valence-corrected chi connectivity index (χ4v) is 4.26. The second-order valence-corrected chi connectivity index (χ2v) is 8.03. The first kappa shape index (κ1) is 16.1. The molecular formula is C17H21N3O2S. The number of aryl methyl sites for hydroxylation is 2. The van der Waals surface area contributed by atoms with Crippen LogP contribution >= 0.6 is 0 Å². The van der Waals surface area contributed by atoms with E-state index in [4.69, 9.17) is 4.98 Å². The standard InChI is InChI=1S/C17H21N3O2S/c1-12-7-4-5-8-14(12)15-11-13(2)18-17(19-15)16-9-6-10-20(16)23(3,21)22/h4-5,7-8,11,16H,6,9-10H2,1-3H3/t16-/m1/s1. The SMILES string of the molecule is Cc1cc(-c2ccccc2C)nc([C@H]2CCCN2S(C)(=O)=O)n1. The molecule has 3 rings (SSSR count). The highest BCUT2D eigenvalue weighted by Crippen LogP contribution is 2.33. The Morgan fingerprint density at radius 1 is 1.17 bits per heavy atom. The third-order valence-electron chi connectivity index (χ3n) is 4.22. The summed E-state index contributed by atoms with van der Waals surface area (Å²) in [5.74, 6) is 0.603. The van der Waals surface area contributed by atoms with Crippen molar-refractivity contribution < 1.29 is 8.42 Å². The van der Waals surface area contributed by atoms with Gasteiger partial charge in [0.25, 0.3) is 0 Å². The van der Waals surface area contributed by atoms with Crippen molar-refractivity contribution in [2.75, 3.05) is 12.8 Å². The van der Waals surface area contributed by atoms with Crippen molar-refractivity contribution >= 4 is 10.0 Å². The average Bonchev–Trinajstić information content (AvgIpc) is 2.96. The monoisotopic (exact) mass is 331 g/mol. The van der Waals surface area contributed by atoms with Crippen LogP contribution in [0.25, 0.3) is 11.3 Å². The third kappa shape index (κ3) is 3.28. The van der Waals surface area contributed by atoms with Gasteiger partial charge in [-0.1, -0.05) is 24.3 Å². The van der Waals surface area contributed by atoms with Gasteiger partial charge >= 0.3 is 0 Å². The van der Waals surface area contributed by atoms with Crippen LogP contribution in [0.2, 0.25) is 0 Å². The molecule has 1 atom stereocenters. The van der Waals surface area contributed by atoms with E-state index >= 15 is 0 Å². The first-order chi connectivity index (χ1) is 10.9. The molecule has 0 bridgehead atoms. The number of nitrogens with zero attached hydrogens (tertiary/aromatic N) is 3. The van der Waals surface area contributed by atoms with Crippen LogP contribution < -0.4 is 0 Å². The smallest absolute Gasteiger partial charge is 0.211 e. The normalized spacial score (nSPS) is 19.2. The Hall–Kier alpha value is -1.79. The molecular weight excluding hydrogens is 310 g/mol.